The molecule has 4 heteroatoms. The standard InChI is InChI=1S/C18H17N3O/c1-3-22-16-7-5-4-6-14(16)18-15(10-11-19)21-12-13(2)8-9-17(21)20-18/h4-9,12H,3,10H2,1-2H3. The van der Waals surface area contributed by atoms with Gasteiger partial charge in [-0.3, -0.25) is 0 Å². The van der Waals surface area contributed by atoms with Gasteiger partial charge in [0.2, 0.25) is 0 Å². The van der Waals surface area contributed by atoms with Crippen LogP contribution in [0.3, 0.4) is 0 Å². The second-order valence-corrected chi connectivity index (χ2v) is 5.11. The minimum absolute atomic E-state index is 0.306. The van der Waals surface area contributed by atoms with Gasteiger partial charge in [0.05, 0.1) is 30.5 Å². The first-order valence-electron chi connectivity index (χ1n) is 7.31. The lowest BCUT2D eigenvalue weighted by Crippen LogP contribution is -1.97. The Kier molecular flexibility index (Phi) is 3.80. The summed E-state index contributed by atoms with van der Waals surface area (Å²) < 4.78 is 7.71. The molecule has 0 atom stereocenters. The van der Waals surface area contributed by atoms with E-state index in [0.717, 1.165) is 33.9 Å². The smallest absolute Gasteiger partial charge is 0.137 e. The monoisotopic (exact) mass is 291 g/mol. The van der Waals surface area contributed by atoms with Crippen LogP contribution in [0.15, 0.2) is 42.6 Å². The molecule has 4 nitrogen and oxygen atoms in total. The van der Waals surface area contributed by atoms with Gasteiger partial charge in [0.1, 0.15) is 11.4 Å². The molecule has 2 heterocycles. The number of ether oxygens (including phenoxy) is 1. The molecule has 0 N–H and O–H groups in total. The Morgan fingerprint density at radius 3 is 2.82 bits per heavy atom. The van der Waals surface area contributed by atoms with Gasteiger partial charge in [-0.1, -0.05) is 18.2 Å². The lowest BCUT2D eigenvalue weighted by Gasteiger charge is -2.09. The van der Waals surface area contributed by atoms with Gasteiger partial charge >= 0.3 is 0 Å². The molecule has 0 aliphatic heterocycles. The molecule has 0 aliphatic rings. The molecule has 0 spiro atoms. The second kappa shape index (κ2) is 5.90. The SMILES string of the molecule is CCOc1ccccc1-c1nc2ccc(C)cn2c1CC#N. The summed E-state index contributed by atoms with van der Waals surface area (Å²) in [6.45, 7) is 4.58. The summed E-state index contributed by atoms with van der Waals surface area (Å²) in [4.78, 5) is 4.72. The molecule has 0 unspecified atom stereocenters. The van der Waals surface area contributed by atoms with Gasteiger partial charge in [-0.25, -0.2) is 4.98 Å². The molecule has 1 aromatic carbocycles. The van der Waals surface area contributed by atoms with Crippen molar-refractivity contribution in [2.24, 2.45) is 0 Å². The number of pyridine rings is 1. The van der Waals surface area contributed by atoms with E-state index in [1.807, 2.05) is 60.8 Å². The maximum Gasteiger partial charge on any atom is 0.137 e. The summed E-state index contributed by atoms with van der Waals surface area (Å²) in [5, 5.41) is 9.19. The molecule has 3 rings (SSSR count). The van der Waals surface area contributed by atoms with Crippen molar-refractivity contribution in [1.29, 1.82) is 5.26 Å². The molecule has 0 fully saturated rings. The topological polar surface area (TPSA) is 50.3 Å². The summed E-state index contributed by atoms with van der Waals surface area (Å²) in [5.41, 5.74) is 4.62. The van der Waals surface area contributed by atoms with Crippen LogP contribution in [0.1, 0.15) is 18.2 Å². The molecular formula is C18H17N3O. The first-order valence-corrected chi connectivity index (χ1v) is 7.31. The average molecular weight is 291 g/mol. The van der Waals surface area contributed by atoms with Crippen molar-refractivity contribution in [3.63, 3.8) is 0 Å². The lowest BCUT2D eigenvalue weighted by molar-refractivity contribution is 0.341. The predicted octanol–water partition coefficient (Wildman–Crippen LogP) is 3.77. The van der Waals surface area contributed by atoms with Crippen LogP contribution < -0.4 is 4.74 Å². The van der Waals surface area contributed by atoms with Gasteiger partial charge in [0.25, 0.3) is 0 Å². The molecule has 22 heavy (non-hydrogen) atoms. The van der Waals surface area contributed by atoms with Crippen LogP contribution in [0.2, 0.25) is 0 Å². The molecule has 3 aromatic rings. The number of nitrogens with zero attached hydrogens (tertiary/aromatic N) is 3. The maximum atomic E-state index is 9.19. The first kappa shape index (κ1) is 14.2. The van der Waals surface area contributed by atoms with Gasteiger partial charge in [0.15, 0.2) is 0 Å². The molecule has 0 aliphatic carbocycles. The summed E-state index contributed by atoms with van der Waals surface area (Å²) in [7, 11) is 0. The maximum absolute atomic E-state index is 9.19. The number of hydrogen-bond acceptors (Lipinski definition) is 3. The van der Waals surface area contributed by atoms with E-state index in [1.165, 1.54) is 0 Å². The summed E-state index contributed by atoms with van der Waals surface area (Å²) >= 11 is 0. The van der Waals surface area contributed by atoms with Crippen molar-refractivity contribution >= 4 is 5.65 Å². The Hall–Kier alpha value is -2.80. The third-order valence-electron chi connectivity index (χ3n) is 3.55. The molecule has 0 radical (unpaired) electrons. The van der Waals surface area contributed by atoms with E-state index in [9.17, 15) is 5.26 Å². The number of aromatic nitrogens is 2. The zero-order valence-corrected chi connectivity index (χ0v) is 12.7. The van der Waals surface area contributed by atoms with Gasteiger partial charge in [-0.2, -0.15) is 5.26 Å². The highest BCUT2D eigenvalue weighted by Gasteiger charge is 2.17. The number of fused-ring (bicyclic) bond motifs is 1. The zero-order valence-electron chi connectivity index (χ0n) is 12.7. The normalized spacial score (nSPS) is 10.6. The molecule has 0 saturated carbocycles. The van der Waals surface area contributed by atoms with E-state index in [4.69, 9.17) is 9.72 Å². The largest absolute Gasteiger partial charge is 0.493 e. The van der Waals surface area contributed by atoms with Gasteiger partial charge in [0, 0.05) is 11.8 Å². The first-order chi connectivity index (χ1) is 10.7. The van der Waals surface area contributed by atoms with E-state index >= 15 is 0 Å². The van der Waals surface area contributed by atoms with Crippen molar-refractivity contribution in [1.82, 2.24) is 9.38 Å². The fourth-order valence-corrected chi connectivity index (χ4v) is 2.60. The van der Waals surface area contributed by atoms with Gasteiger partial charge in [-0.15, -0.1) is 0 Å². The third-order valence-corrected chi connectivity index (χ3v) is 3.55. The number of hydrogen-bond donors (Lipinski definition) is 0. The number of imidazole rings is 1. The van der Waals surface area contributed by atoms with Crippen molar-refractivity contribution in [3.05, 3.63) is 53.9 Å². The van der Waals surface area contributed by atoms with Crippen LogP contribution in [0.5, 0.6) is 5.75 Å². The third kappa shape index (κ3) is 2.42. The van der Waals surface area contributed by atoms with Crippen molar-refractivity contribution < 1.29 is 4.74 Å². The van der Waals surface area contributed by atoms with Crippen LogP contribution >= 0.6 is 0 Å². The highest BCUT2D eigenvalue weighted by atomic mass is 16.5. The van der Waals surface area contributed by atoms with Gasteiger partial charge < -0.3 is 9.14 Å². The molecule has 0 saturated heterocycles. The molecule has 2 aromatic heterocycles. The van der Waals surface area contributed by atoms with Crippen molar-refractivity contribution in [3.8, 4) is 23.1 Å². The quantitative estimate of drug-likeness (QED) is 0.735. The zero-order chi connectivity index (χ0) is 15.5. The van der Waals surface area contributed by atoms with Crippen LogP contribution in [0.25, 0.3) is 16.9 Å². The number of benzene rings is 1. The summed E-state index contributed by atoms with van der Waals surface area (Å²) in [6, 6.07) is 14.1. The van der Waals surface area contributed by atoms with Crippen LogP contribution in [-0.2, 0) is 6.42 Å². The van der Waals surface area contributed by atoms with E-state index in [2.05, 4.69) is 6.07 Å². The van der Waals surface area contributed by atoms with Crippen LogP contribution in [0.4, 0.5) is 0 Å². The summed E-state index contributed by atoms with van der Waals surface area (Å²) in [6.07, 6.45) is 2.32. The van der Waals surface area contributed by atoms with Crippen molar-refractivity contribution in [2.45, 2.75) is 20.3 Å². The number of para-hydroxylation sites is 1. The van der Waals surface area contributed by atoms with E-state index in [1.54, 1.807) is 0 Å². The number of rotatable bonds is 4. The number of nitriles is 1. The van der Waals surface area contributed by atoms with E-state index < -0.39 is 0 Å². The Morgan fingerprint density at radius 2 is 2.05 bits per heavy atom. The summed E-state index contributed by atoms with van der Waals surface area (Å²) in [5.74, 6) is 0.796. The Balaban J connectivity index is 2.27. The second-order valence-electron chi connectivity index (χ2n) is 5.11. The average Bonchev–Trinajstić information content (AvgIpc) is 2.87. The Bertz CT molecular complexity index is 858. The van der Waals surface area contributed by atoms with Crippen LogP contribution in [0, 0.1) is 18.3 Å². The molecule has 0 amide bonds. The molecule has 0 bridgehead atoms. The minimum Gasteiger partial charge on any atom is -0.493 e. The Morgan fingerprint density at radius 1 is 1.23 bits per heavy atom. The highest BCUT2D eigenvalue weighted by molar-refractivity contribution is 5.72. The molecular weight excluding hydrogens is 274 g/mol. The van der Waals surface area contributed by atoms with Crippen molar-refractivity contribution in [2.75, 3.05) is 6.61 Å². The Labute approximate surface area is 129 Å². The van der Waals surface area contributed by atoms with Gasteiger partial charge in [-0.05, 0) is 37.6 Å². The fourth-order valence-electron chi connectivity index (χ4n) is 2.60. The molecule has 110 valence electrons. The predicted molar refractivity (Wildman–Crippen MR) is 85.9 cm³/mol. The highest BCUT2D eigenvalue weighted by Crippen LogP contribution is 2.32. The fraction of sp³-hybridized carbons (Fsp3) is 0.222. The van der Waals surface area contributed by atoms with E-state index in [0.29, 0.717) is 13.0 Å². The lowest BCUT2D eigenvalue weighted by atomic mass is 10.1. The van der Waals surface area contributed by atoms with Crippen LogP contribution in [-0.4, -0.2) is 16.0 Å². The number of aryl methyl sites for hydroxylation is 1. The van der Waals surface area contributed by atoms with E-state index in [-0.39, 0.29) is 0 Å². The minimum atomic E-state index is 0.306.